The fraction of sp³-hybridized carbons (Fsp3) is 0.100. The van der Waals surface area contributed by atoms with Crippen LogP contribution in [0.4, 0.5) is 0 Å². The molecule has 0 amide bonds. The van der Waals surface area contributed by atoms with Crippen molar-refractivity contribution in [3.63, 3.8) is 0 Å². The summed E-state index contributed by atoms with van der Waals surface area (Å²) in [6.07, 6.45) is 0. The molecule has 2 N–H and O–H groups in total. The van der Waals surface area contributed by atoms with Gasteiger partial charge < -0.3 is 10.6 Å². The molecule has 0 aliphatic carbocycles. The first-order valence-corrected chi connectivity index (χ1v) is 17.9. The van der Waals surface area contributed by atoms with Gasteiger partial charge in [0.25, 0.3) is 0 Å². The van der Waals surface area contributed by atoms with Gasteiger partial charge in [0.15, 0.2) is 0 Å². The van der Waals surface area contributed by atoms with Gasteiger partial charge in [-0.3, -0.25) is 0 Å². The minimum atomic E-state index is -0.627. The molecule has 0 aliphatic rings. The molecule has 2 nitrogen and oxygen atoms in total. The van der Waals surface area contributed by atoms with Crippen LogP contribution < -0.4 is 42.5 Å². The molecule has 0 atom stereocenters. The van der Waals surface area contributed by atoms with E-state index < -0.39 is 15.8 Å². The van der Waals surface area contributed by atoms with Crippen molar-refractivity contribution in [3.05, 3.63) is 181 Å². The summed E-state index contributed by atoms with van der Waals surface area (Å²) in [6.45, 7) is 3.50. The van der Waals surface area contributed by atoms with Gasteiger partial charge in [0.1, 0.15) is 0 Å². The van der Waals surface area contributed by atoms with Crippen LogP contribution in [-0.2, 0) is 13.1 Å². The molecule has 44 heavy (non-hydrogen) atoms. The van der Waals surface area contributed by atoms with E-state index in [9.17, 15) is 0 Å². The van der Waals surface area contributed by atoms with E-state index in [1.165, 1.54) is 43.0 Å². The Morgan fingerprint density at radius 2 is 0.591 bits per heavy atom. The zero-order chi connectivity index (χ0) is 29.8. The van der Waals surface area contributed by atoms with Gasteiger partial charge in [0.2, 0.25) is 0 Å². The molecule has 0 spiro atoms. The molecule has 0 saturated heterocycles. The summed E-state index contributed by atoms with van der Waals surface area (Å²) < 4.78 is 0. The maximum absolute atomic E-state index is 3.73. The molecule has 0 unspecified atom stereocenters. The summed E-state index contributed by atoms with van der Waals surface area (Å²) >= 11 is 0. The maximum Gasteiger partial charge on any atom is 0.0212 e. The van der Waals surface area contributed by atoms with Crippen molar-refractivity contribution in [2.45, 2.75) is 13.1 Å². The van der Waals surface area contributed by atoms with Gasteiger partial charge in [-0.15, -0.1) is 0 Å². The fourth-order valence-corrected chi connectivity index (χ4v) is 10.5. The Bertz CT molecular complexity index is 1500. The lowest BCUT2D eigenvalue weighted by Crippen LogP contribution is -2.31. The van der Waals surface area contributed by atoms with Gasteiger partial charge >= 0.3 is 0 Å². The van der Waals surface area contributed by atoms with E-state index in [-0.39, 0.29) is 0 Å². The number of hydrogen-bond donors (Lipinski definition) is 2. The van der Waals surface area contributed by atoms with Crippen molar-refractivity contribution in [3.8, 4) is 0 Å². The Kier molecular flexibility index (Phi) is 10.8. The zero-order valence-corrected chi connectivity index (χ0v) is 26.7. The summed E-state index contributed by atoms with van der Waals surface area (Å²) in [5.74, 6) is 0. The molecule has 6 rings (SSSR count). The normalized spacial score (nSPS) is 11.2. The summed E-state index contributed by atoms with van der Waals surface area (Å²) in [5, 5.41) is 15.8. The zero-order valence-electron chi connectivity index (χ0n) is 24.9. The van der Waals surface area contributed by atoms with E-state index >= 15 is 0 Å². The van der Waals surface area contributed by atoms with Crippen LogP contribution in [0.5, 0.6) is 0 Å². The first kappa shape index (κ1) is 30.1. The van der Waals surface area contributed by atoms with Gasteiger partial charge in [-0.1, -0.05) is 170 Å². The van der Waals surface area contributed by atoms with E-state index in [0.29, 0.717) is 0 Å². The van der Waals surface area contributed by atoms with Crippen LogP contribution in [-0.4, -0.2) is 13.1 Å². The first-order chi connectivity index (χ1) is 21.9. The fourth-order valence-electron chi connectivity index (χ4n) is 5.54. The SMILES string of the molecule is c1ccc(P(c2ccccc2)c2ccccc2CNCCNCc2ccccc2P(c2ccccc2)c2ccccc2)cc1. The largest absolute Gasteiger partial charge is 0.311 e. The van der Waals surface area contributed by atoms with Crippen molar-refractivity contribution in [2.75, 3.05) is 13.1 Å². The molecule has 0 fully saturated rings. The van der Waals surface area contributed by atoms with Gasteiger partial charge in [0.05, 0.1) is 0 Å². The highest BCUT2D eigenvalue weighted by Crippen LogP contribution is 2.35. The second-order valence-electron chi connectivity index (χ2n) is 10.6. The smallest absolute Gasteiger partial charge is 0.0212 e. The minimum absolute atomic E-state index is 0.627. The molecule has 0 aliphatic heterocycles. The van der Waals surface area contributed by atoms with Gasteiger partial charge in [-0.25, -0.2) is 0 Å². The lowest BCUT2D eigenvalue weighted by molar-refractivity contribution is 0.613. The summed E-state index contributed by atoms with van der Waals surface area (Å²) in [7, 11) is -1.25. The Morgan fingerprint density at radius 1 is 0.318 bits per heavy atom. The third-order valence-electron chi connectivity index (χ3n) is 7.63. The van der Waals surface area contributed by atoms with E-state index in [2.05, 4.69) is 180 Å². The highest BCUT2D eigenvalue weighted by molar-refractivity contribution is 7.80. The Morgan fingerprint density at radius 3 is 0.909 bits per heavy atom. The molecule has 6 aromatic carbocycles. The van der Waals surface area contributed by atoms with Crippen molar-refractivity contribution in [1.29, 1.82) is 0 Å². The molecule has 4 heteroatoms. The van der Waals surface area contributed by atoms with Crippen LogP contribution in [0.1, 0.15) is 11.1 Å². The third kappa shape index (κ3) is 7.59. The van der Waals surface area contributed by atoms with E-state index in [1.54, 1.807) is 0 Å². The quantitative estimate of drug-likeness (QED) is 0.123. The third-order valence-corrected chi connectivity index (χ3v) is 12.7. The Labute approximate surface area is 264 Å². The number of rotatable bonds is 13. The van der Waals surface area contributed by atoms with Crippen LogP contribution >= 0.6 is 15.8 Å². The van der Waals surface area contributed by atoms with Gasteiger partial charge in [-0.2, -0.15) is 0 Å². The Hall–Kier alpha value is -3.90. The Balaban J connectivity index is 1.11. The summed E-state index contributed by atoms with van der Waals surface area (Å²) in [6, 6.07) is 61.7. The molecular weight excluding hydrogens is 570 g/mol. The first-order valence-electron chi connectivity index (χ1n) is 15.3. The standard InChI is InChI=1S/C40H38N2P2/c1-5-19-35(20-6-1)43(36-21-7-2-8-22-36)39-27-15-13-17-33(39)31-41-29-30-42-32-34-18-14-16-28-40(34)44(37-23-9-3-10-24-37)38-25-11-4-12-26-38/h1-28,41-42H,29-32H2. The molecule has 6 aromatic rings. The van der Waals surface area contributed by atoms with Crippen molar-refractivity contribution in [2.24, 2.45) is 0 Å². The van der Waals surface area contributed by atoms with Crippen LogP contribution in [0.15, 0.2) is 170 Å². The lowest BCUT2D eigenvalue weighted by atomic mass is 10.2. The van der Waals surface area contributed by atoms with Crippen molar-refractivity contribution >= 4 is 47.7 Å². The van der Waals surface area contributed by atoms with Crippen molar-refractivity contribution < 1.29 is 0 Å². The van der Waals surface area contributed by atoms with Crippen molar-refractivity contribution in [1.82, 2.24) is 10.6 Å². The van der Waals surface area contributed by atoms with Crippen LogP contribution in [0.2, 0.25) is 0 Å². The molecular formula is C40H38N2P2. The number of benzene rings is 6. The predicted octanol–water partition coefficient (Wildman–Crippen LogP) is 6.08. The monoisotopic (exact) mass is 608 g/mol. The second kappa shape index (κ2) is 15.7. The topological polar surface area (TPSA) is 24.1 Å². The average molecular weight is 609 g/mol. The maximum atomic E-state index is 3.73. The minimum Gasteiger partial charge on any atom is -0.311 e. The highest BCUT2D eigenvalue weighted by atomic mass is 31.1. The van der Waals surface area contributed by atoms with Crippen LogP contribution in [0.3, 0.4) is 0 Å². The van der Waals surface area contributed by atoms with Crippen LogP contribution in [0, 0.1) is 0 Å². The van der Waals surface area contributed by atoms with E-state index in [4.69, 9.17) is 0 Å². The highest BCUT2D eigenvalue weighted by Gasteiger charge is 2.20. The average Bonchev–Trinajstić information content (AvgIpc) is 3.10. The van der Waals surface area contributed by atoms with Gasteiger partial charge in [-0.05, 0) is 58.8 Å². The van der Waals surface area contributed by atoms with E-state index in [0.717, 1.165) is 26.2 Å². The molecule has 0 aromatic heterocycles. The molecule has 0 radical (unpaired) electrons. The second-order valence-corrected chi connectivity index (χ2v) is 15.0. The number of hydrogen-bond acceptors (Lipinski definition) is 2. The molecule has 0 bridgehead atoms. The summed E-state index contributed by atoms with van der Waals surface area (Å²) in [5.41, 5.74) is 2.74. The summed E-state index contributed by atoms with van der Waals surface area (Å²) in [4.78, 5) is 0. The molecule has 0 saturated carbocycles. The molecule has 0 heterocycles. The van der Waals surface area contributed by atoms with Crippen LogP contribution in [0.25, 0.3) is 0 Å². The van der Waals surface area contributed by atoms with E-state index in [1.807, 2.05) is 0 Å². The lowest BCUT2D eigenvalue weighted by Gasteiger charge is -2.23. The number of nitrogens with one attached hydrogen (secondary N) is 2. The van der Waals surface area contributed by atoms with Gasteiger partial charge in [0, 0.05) is 26.2 Å². The predicted molar refractivity (Wildman–Crippen MR) is 194 cm³/mol. The molecule has 218 valence electrons.